The van der Waals surface area contributed by atoms with Gasteiger partial charge < -0.3 is 23.9 Å². The Balaban J connectivity index is 1.52. The quantitative estimate of drug-likeness (QED) is 0.226. The Morgan fingerprint density at radius 1 is 1.26 bits per heavy atom. The summed E-state index contributed by atoms with van der Waals surface area (Å²) < 4.78 is 16.3. The number of oxime groups is 1. The number of aromatic nitrogens is 1. The number of hydrogen-bond donors (Lipinski definition) is 0. The lowest BCUT2D eigenvalue weighted by Crippen LogP contribution is -2.41. The summed E-state index contributed by atoms with van der Waals surface area (Å²) in [6.07, 6.45) is 7.42. The predicted molar refractivity (Wildman–Crippen MR) is 133 cm³/mol. The number of hydrogen-bond acceptors (Lipinski definition) is 9. The number of aryl methyl sites for hydroxylation is 3. The highest BCUT2D eigenvalue weighted by Crippen LogP contribution is 2.27. The van der Waals surface area contributed by atoms with Crippen LogP contribution in [0.3, 0.4) is 0 Å². The van der Waals surface area contributed by atoms with E-state index < -0.39 is 24.1 Å². The molecule has 1 aromatic heterocycles. The van der Waals surface area contributed by atoms with Crippen LogP contribution in [0.2, 0.25) is 0 Å². The van der Waals surface area contributed by atoms with Gasteiger partial charge in [-0.25, -0.2) is 0 Å². The maximum Gasteiger partial charge on any atom is 0.303 e. The van der Waals surface area contributed by atoms with E-state index in [4.69, 9.17) is 24.0 Å². The SMILES string of the molecule is CC(=O)OC[C@H]1O[C@H](CC=NO[C@H](C)CN2CCCCc3nc(C)c(C)cc32)C=C[C@@H]1OC(C)=O. The summed E-state index contributed by atoms with van der Waals surface area (Å²) in [5, 5.41) is 4.16. The van der Waals surface area contributed by atoms with E-state index >= 15 is 0 Å². The molecule has 0 N–H and O–H groups in total. The van der Waals surface area contributed by atoms with E-state index in [0.29, 0.717) is 6.42 Å². The Hall–Kier alpha value is -2.94. The third-order valence-corrected chi connectivity index (χ3v) is 6.07. The Labute approximate surface area is 207 Å². The van der Waals surface area contributed by atoms with Crippen molar-refractivity contribution in [3.8, 4) is 0 Å². The van der Waals surface area contributed by atoms with Crippen molar-refractivity contribution < 1.29 is 28.6 Å². The van der Waals surface area contributed by atoms with Gasteiger partial charge in [-0.05, 0) is 57.7 Å². The van der Waals surface area contributed by atoms with Crippen LogP contribution >= 0.6 is 0 Å². The summed E-state index contributed by atoms with van der Waals surface area (Å²) in [5.41, 5.74) is 4.66. The average Bonchev–Trinajstić information content (AvgIpc) is 2.98. The van der Waals surface area contributed by atoms with Gasteiger partial charge in [0.05, 0.1) is 24.0 Å². The van der Waals surface area contributed by atoms with Gasteiger partial charge in [0.25, 0.3) is 0 Å². The van der Waals surface area contributed by atoms with E-state index in [1.54, 1.807) is 12.3 Å². The van der Waals surface area contributed by atoms with Crippen LogP contribution < -0.4 is 4.90 Å². The third-order valence-electron chi connectivity index (χ3n) is 6.07. The molecular formula is C26H37N3O6. The van der Waals surface area contributed by atoms with Gasteiger partial charge in [-0.3, -0.25) is 14.6 Å². The Morgan fingerprint density at radius 3 is 2.80 bits per heavy atom. The molecule has 9 nitrogen and oxygen atoms in total. The van der Waals surface area contributed by atoms with Crippen LogP contribution in [0.4, 0.5) is 5.69 Å². The molecule has 3 heterocycles. The van der Waals surface area contributed by atoms with E-state index in [0.717, 1.165) is 43.7 Å². The Morgan fingerprint density at radius 2 is 2.06 bits per heavy atom. The normalized spacial score (nSPS) is 22.9. The molecule has 0 aliphatic carbocycles. The van der Waals surface area contributed by atoms with Crippen molar-refractivity contribution in [1.82, 2.24) is 4.98 Å². The molecule has 192 valence electrons. The Bertz CT molecular complexity index is 947. The van der Waals surface area contributed by atoms with Crippen molar-refractivity contribution in [2.45, 2.75) is 84.7 Å². The second-order valence-corrected chi connectivity index (χ2v) is 9.17. The number of pyridine rings is 1. The lowest BCUT2D eigenvalue weighted by atomic mass is 10.1. The number of carbonyl (C=O) groups excluding carboxylic acids is 2. The molecule has 3 rings (SSSR count). The van der Waals surface area contributed by atoms with Crippen molar-refractivity contribution in [2.24, 2.45) is 5.16 Å². The summed E-state index contributed by atoms with van der Waals surface area (Å²) in [6, 6.07) is 2.24. The molecule has 0 saturated carbocycles. The minimum atomic E-state index is -0.602. The highest BCUT2D eigenvalue weighted by atomic mass is 16.6. The van der Waals surface area contributed by atoms with Crippen LogP contribution in [-0.4, -0.2) is 67.2 Å². The number of fused-ring (bicyclic) bond motifs is 1. The number of carbonyl (C=O) groups is 2. The van der Waals surface area contributed by atoms with E-state index in [1.165, 1.54) is 25.1 Å². The van der Waals surface area contributed by atoms with E-state index in [-0.39, 0.29) is 18.8 Å². The standard InChI is InChI=1S/C26H37N3O6/c1-17-14-24-23(28-19(17)3)8-6-7-13-29(24)15-18(2)35-27-12-11-22-9-10-25(33-21(5)31)26(34-22)16-32-20(4)30/h9-10,12,14,18,22,25-26H,6-8,11,13,15-16H2,1-5H3/t18-,22+,25+,26-/m1/s1. The lowest BCUT2D eigenvalue weighted by molar-refractivity contribution is -0.162. The van der Waals surface area contributed by atoms with Crippen molar-refractivity contribution in [1.29, 1.82) is 0 Å². The molecule has 2 aliphatic heterocycles. The number of anilines is 1. The molecule has 4 atom stereocenters. The molecule has 0 spiro atoms. The first kappa shape index (κ1) is 26.7. The first-order valence-corrected chi connectivity index (χ1v) is 12.3. The molecule has 1 aromatic rings. The van der Waals surface area contributed by atoms with E-state index in [2.05, 4.69) is 30.0 Å². The van der Waals surface area contributed by atoms with Gasteiger partial charge in [0.15, 0.2) is 0 Å². The number of esters is 2. The number of rotatable bonds is 9. The zero-order valence-corrected chi connectivity index (χ0v) is 21.4. The zero-order chi connectivity index (χ0) is 25.4. The van der Waals surface area contributed by atoms with Crippen LogP contribution in [-0.2, 0) is 35.1 Å². The van der Waals surface area contributed by atoms with Gasteiger partial charge in [-0.15, -0.1) is 0 Å². The molecule has 0 amide bonds. The van der Waals surface area contributed by atoms with Crippen molar-refractivity contribution in [2.75, 3.05) is 24.6 Å². The van der Waals surface area contributed by atoms with Crippen LogP contribution in [0, 0.1) is 13.8 Å². The van der Waals surface area contributed by atoms with Gasteiger partial charge in [0.2, 0.25) is 0 Å². The van der Waals surface area contributed by atoms with E-state index in [1.807, 2.05) is 13.0 Å². The molecule has 0 unspecified atom stereocenters. The van der Waals surface area contributed by atoms with Gasteiger partial charge >= 0.3 is 11.9 Å². The highest BCUT2D eigenvalue weighted by Gasteiger charge is 2.30. The van der Waals surface area contributed by atoms with Gasteiger partial charge in [-0.1, -0.05) is 11.2 Å². The molecule has 0 aromatic carbocycles. The second kappa shape index (κ2) is 12.7. The predicted octanol–water partition coefficient (Wildman–Crippen LogP) is 3.44. The maximum absolute atomic E-state index is 11.3. The summed E-state index contributed by atoms with van der Waals surface area (Å²) >= 11 is 0. The fraction of sp³-hybridized carbons (Fsp3) is 0.615. The number of nitrogens with zero attached hydrogens (tertiary/aromatic N) is 3. The average molecular weight is 488 g/mol. The minimum absolute atomic E-state index is 0.00393. The molecule has 0 radical (unpaired) electrons. The molecular weight excluding hydrogens is 450 g/mol. The summed E-state index contributed by atoms with van der Waals surface area (Å²) in [5.74, 6) is -0.843. The van der Waals surface area contributed by atoms with Crippen LogP contribution in [0.5, 0.6) is 0 Å². The van der Waals surface area contributed by atoms with Crippen molar-refractivity contribution in [3.05, 3.63) is 35.2 Å². The molecule has 35 heavy (non-hydrogen) atoms. The van der Waals surface area contributed by atoms with Crippen LogP contribution in [0.25, 0.3) is 0 Å². The lowest BCUT2D eigenvalue weighted by Gasteiger charge is -2.31. The molecule has 9 heteroatoms. The fourth-order valence-corrected chi connectivity index (χ4v) is 4.22. The molecule has 0 saturated heterocycles. The summed E-state index contributed by atoms with van der Waals surface area (Å²) in [6.45, 7) is 10.5. The number of ether oxygens (including phenoxy) is 3. The van der Waals surface area contributed by atoms with Crippen LogP contribution in [0.1, 0.15) is 57.0 Å². The van der Waals surface area contributed by atoms with Gasteiger partial charge in [-0.2, -0.15) is 0 Å². The first-order chi connectivity index (χ1) is 16.7. The zero-order valence-electron chi connectivity index (χ0n) is 21.4. The first-order valence-electron chi connectivity index (χ1n) is 12.3. The van der Waals surface area contributed by atoms with Crippen molar-refractivity contribution in [3.63, 3.8) is 0 Å². The Kier molecular flexibility index (Phi) is 9.65. The smallest absolute Gasteiger partial charge is 0.303 e. The highest BCUT2D eigenvalue weighted by molar-refractivity contribution is 5.67. The molecule has 0 bridgehead atoms. The second-order valence-electron chi connectivity index (χ2n) is 9.17. The van der Waals surface area contributed by atoms with Gasteiger partial charge in [0.1, 0.15) is 24.9 Å². The monoisotopic (exact) mass is 487 g/mol. The fourth-order valence-electron chi connectivity index (χ4n) is 4.22. The molecule has 0 fully saturated rings. The maximum atomic E-state index is 11.3. The van der Waals surface area contributed by atoms with E-state index in [9.17, 15) is 9.59 Å². The van der Waals surface area contributed by atoms with Gasteiger partial charge in [0, 0.05) is 38.7 Å². The minimum Gasteiger partial charge on any atom is -0.463 e. The van der Waals surface area contributed by atoms with Crippen LogP contribution in [0.15, 0.2) is 23.4 Å². The topological polar surface area (TPSA) is 99.6 Å². The molecule has 2 aliphatic rings. The van der Waals surface area contributed by atoms with Crippen molar-refractivity contribution >= 4 is 23.8 Å². The summed E-state index contributed by atoms with van der Waals surface area (Å²) in [4.78, 5) is 35.4. The summed E-state index contributed by atoms with van der Waals surface area (Å²) in [7, 11) is 0. The largest absolute Gasteiger partial charge is 0.463 e. The third kappa shape index (κ3) is 8.06.